The van der Waals surface area contributed by atoms with Gasteiger partial charge in [0.2, 0.25) is 5.78 Å². The van der Waals surface area contributed by atoms with E-state index in [0.29, 0.717) is 11.1 Å². The van der Waals surface area contributed by atoms with Gasteiger partial charge in [0.05, 0.1) is 5.56 Å². The van der Waals surface area contributed by atoms with Gasteiger partial charge in [-0.15, -0.1) is 0 Å². The van der Waals surface area contributed by atoms with Crippen LogP contribution in [0, 0.1) is 0 Å². The first kappa shape index (κ1) is 12.7. The van der Waals surface area contributed by atoms with Crippen LogP contribution in [0.3, 0.4) is 0 Å². The van der Waals surface area contributed by atoms with E-state index in [1.54, 1.807) is 30.3 Å². The molecule has 0 aliphatic rings. The smallest absolute Gasteiger partial charge is 0.336 e. The van der Waals surface area contributed by atoms with Gasteiger partial charge in [0.1, 0.15) is 0 Å². The molecule has 2 aromatic rings. The Labute approximate surface area is 109 Å². The summed E-state index contributed by atoms with van der Waals surface area (Å²) in [5.41, 5.74) is 1.49. The lowest BCUT2D eigenvalue weighted by atomic mass is 9.97. The van der Waals surface area contributed by atoms with Gasteiger partial charge in [-0.1, -0.05) is 36.4 Å². The Morgan fingerprint density at radius 1 is 1.00 bits per heavy atom. The maximum Gasteiger partial charge on any atom is 0.336 e. The normalized spacial score (nSPS) is 9.89. The van der Waals surface area contributed by atoms with Crippen molar-refractivity contribution < 1.29 is 19.5 Å². The molecule has 0 fully saturated rings. The van der Waals surface area contributed by atoms with Crippen LogP contribution in [0.2, 0.25) is 0 Å². The minimum absolute atomic E-state index is 0.151. The van der Waals surface area contributed by atoms with Gasteiger partial charge < -0.3 is 5.11 Å². The van der Waals surface area contributed by atoms with E-state index in [-0.39, 0.29) is 17.4 Å². The summed E-state index contributed by atoms with van der Waals surface area (Å²) in [5.74, 6) is -1.67. The molecule has 0 radical (unpaired) electrons. The third-order valence-electron chi connectivity index (χ3n) is 2.72. The van der Waals surface area contributed by atoms with Crippen LogP contribution in [0.15, 0.2) is 48.5 Å². The van der Waals surface area contributed by atoms with E-state index in [9.17, 15) is 14.4 Å². The number of rotatable bonds is 4. The van der Waals surface area contributed by atoms with Crippen molar-refractivity contribution in [1.82, 2.24) is 0 Å². The van der Waals surface area contributed by atoms with Crippen LogP contribution in [0.1, 0.15) is 20.7 Å². The number of carbonyl (C=O) groups excluding carboxylic acids is 2. The molecule has 0 saturated carbocycles. The van der Waals surface area contributed by atoms with Crippen LogP contribution < -0.4 is 0 Å². The van der Waals surface area contributed by atoms with E-state index in [1.165, 1.54) is 18.2 Å². The van der Waals surface area contributed by atoms with Crippen molar-refractivity contribution in [1.29, 1.82) is 0 Å². The van der Waals surface area contributed by atoms with Crippen molar-refractivity contribution in [2.45, 2.75) is 0 Å². The van der Waals surface area contributed by atoms with Crippen molar-refractivity contribution in [3.05, 3.63) is 59.7 Å². The van der Waals surface area contributed by atoms with Crippen LogP contribution >= 0.6 is 0 Å². The molecule has 0 heterocycles. The summed E-state index contributed by atoms with van der Waals surface area (Å²) in [6, 6.07) is 12.8. The number of aldehydes is 1. The summed E-state index contributed by atoms with van der Waals surface area (Å²) >= 11 is 0. The van der Waals surface area contributed by atoms with E-state index < -0.39 is 11.8 Å². The minimum atomic E-state index is -1.04. The average Bonchev–Trinajstić information content (AvgIpc) is 2.46. The van der Waals surface area contributed by atoms with Crippen LogP contribution in [0.4, 0.5) is 0 Å². The van der Waals surface area contributed by atoms with Crippen LogP contribution in [0.25, 0.3) is 11.1 Å². The van der Waals surface area contributed by atoms with Gasteiger partial charge in [-0.2, -0.15) is 0 Å². The quantitative estimate of drug-likeness (QED) is 0.516. The summed E-state index contributed by atoms with van der Waals surface area (Å²) in [6.45, 7) is 0. The summed E-state index contributed by atoms with van der Waals surface area (Å²) in [5, 5.41) is 9.13. The summed E-state index contributed by atoms with van der Waals surface area (Å²) in [6.07, 6.45) is 0.238. The van der Waals surface area contributed by atoms with Gasteiger partial charge in [0, 0.05) is 5.56 Å². The highest BCUT2D eigenvalue weighted by Crippen LogP contribution is 2.24. The Bertz CT molecular complexity index is 659. The van der Waals surface area contributed by atoms with E-state index in [1.807, 2.05) is 0 Å². The lowest BCUT2D eigenvalue weighted by molar-refractivity contribution is -0.104. The lowest BCUT2D eigenvalue weighted by Gasteiger charge is -2.06. The average molecular weight is 254 g/mol. The predicted octanol–water partition coefficient (Wildman–Crippen LogP) is 2.43. The van der Waals surface area contributed by atoms with Gasteiger partial charge in [-0.3, -0.25) is 9.59 Å². The topological polar surface area (TPSA) is 71.4 Å². The van der Waals surface area contributed by atoms with Gasteiger partial charge in [0.25, 0.3) is 0 Å². The maximum atomic E-state index is 11.3. The Hall–Kier alpha value is -2.75. The van der Waals surface area contributed by atoms with Crippen LogP contribution in [-0.2, 0) is 4.79 Å². The second-order valence-corrected chi connectivity index (χ2v) is 3.91. The number of Topliss-reactive ketones (excluding diaryl/α,β-unsaturated/α-hetero) is 1. The molecule has 1 N–H and O–H groups in total. The maximum absolute atomic E-state index is 11.3. The largest absolute Gasteiger partial charge is 0.478 e. The molecule has 4 nitrogen and oxygen atoms in total. The molecule has 0 aromatic heterocycles. The molecule has 94 valence electrons. The number of carboxylic acids is 1. The molecule has 4 heteroatoms. The summed E-state index contributed by atoms with van der Waals surface area (Å²) in [7, 11) is 0. The number of aromatic carboxylic acids is 1. The fourth-order valence-corrected chi connectivity index (χ4v) is 1.83. The molecule has 0 bridgehead atoms. The number of benzene rings is 2. The van der Waals surface area contributed by atoms with E-state index in [2.05, 4.69) is 0 Å². The number of carbonyl (C=O) groups is 3. The van der Waals surface area contributed by atoms with Gasteiger partial charge in [-0.25, -0.2) is 4.79 Å². The van der Waals surface area contributed by atoms with Crippen molar-refractivity contribution in [3.63, 3.8) is 0 Å². The standard InChI is InChI=1S/C15H10O4/c16-9-14(17)11-5-3-4-10(8-11)12-6-1-2-7-13(12)15(18)19/h1-9H,(H,18,19). The van der Waals surface area contributed by atoms with E-state index in [0.717, 1.165) is 0 Å². The van der Waals surface area contributed by atoms with Crippen molar-refractivity contribution in [2.75, 3.05) is 0 Å². The molecule has 0 atom stereocenters. The van der Waals surface area contributed by atoms with E-state index in [4.69, 9.17) is 5.11 Å². The molecule has 0 aliphatic heterocycles. The van der Waals surface area contributed by atoms with Gasteiger partial charge >= 0.3 is 5.97 Å². The SMILES string of the molecule is O=CC(=O)c1cccc(-c2ccccc2C(=O)O)c1. The minimum Gasteiger partial charge on any atom is -0.478 e. The van der Waals surface area contributed by atoms with Crippen molar-refractivity contribution >= 4 is 18.0 Å². The zero-order valence-corrected chi connectivity index (χ0v) is 9.87. The number of hydrogen-bond acceptors (Lipinski definition) is 3. The monoisotopic (exact) mass is 254 g/mol. The molecule has 19 heavy (non-hydrogen) atoms. The highest BCUT2D eigenvalue weighted by molar-refractivity contribution is 6.33. The fraction of sp³-hybridized carbons (Fsp3) is 0. The zero-order chi connectivity index (χ0) is 13.8. The highest BCUT2D eigenvalue weighted by Gasteiger charge is 2.12. The molecule has 0 amide bonds. The first-order chi connectivity index (χ1) is 9.13. The summed E-state index contributed by atoms with van der Waals surface area (Å²) in [4.78, 5) is 33.0. The van der Waals surface area contributed by atoms with Crippen molar-refractivity contribution in [2.24, 2.45) is 0 Å². The zero-order valence-electron chi connectivity index (χ0n) is 9.87. The predicted molar refractivity (Wildman–Crippen MR) is 69.2 cm³/mol. The molecule has 0 unspecified atom stereocenters. The van der Waals surface area contributed by atoms with Gasteiger partial charge in [-0.05, 0) is 23.3 Å². The second kappa shape index (κ2) is 5.27. The molecule has 0 aliphatic carbocycles. The number of carboxylic acid groups (broad SMARTS) is 1. The molecule has 2 aromatic carbocycles. The molecule has 2 rings (SSSR count). The Morgan fingerprint density at radius 3 is 2.42 bits per heavy atom. The molecule has 0 saturated heterocycles. The number of ketones is 1. The first-order valence-electron chi connectivity index (χ1n) is 5.55. The van der Waals surface area contributed by atoms with Gasteiger partial charge in [0.15, 0.2) is 6.29 Å². The Balaban J connectivity index is 2.57. The third kappa shape index (κ3) is 2.57. The first-order valence-corrected chi connectivity index (χ1v) is 5.55. The van der Waals surface area contributed by atoms with Crippen LogP contribution in [-0.4, -0.2) is 23.1 Å². The molecule has 0 spiro atoms. The number of hydrogen-bond donors (Lipinski definition) is 1. The Kier molecular flexibility index (Phi) is 3.52. The third-order valence-corrected chi connectivity index (χ3v) is 2.72. The lowest BCUT2D eigenvalue weighted by Crippen LogP contribution is -2.02. The van der Waals surface area contributed by atoms with E-state index >= 15 is 0 Å². The highest BCUT2D eigenvalue weighted by atomic mass is 16.4. The second-order valence-electron chi connectivity index (χ2n) is 3.91. The Morgan fingerprint density at radius 2 is 1.74 bits per heavy atom. The molecular weight excluding hydrogens is 244 g/mol. The summed E-state index contributed by atoms with van der Waals surface area (Å²) < 4.78 is 0. The van der Waals surface area contributed by atoms with Crippen molar-refractivity contribution in [3.8, 4) is 11.1 Å². The molecular formula is C15H10O4. The fourth-order valence-electron chi connectivity index (χ4n) is 1.83. The van der Waals surface area contributed by atoms with Crippen LogP contribution in [0.5, 0.6) is 0 Å².